The van der Waals surface area contributed by atoms with Crippen LogP contribution in [0.3, 0.4) is 0 Å². The number of thiol groups is 1. The van der Waals surface area contributed by atoms with Gasteiger partial charge in [0.1, 0.15) is 0 Å². The van der Waals surface area contributed by atoms with Crippen LogP contribution in [0.15, 0.2) is 40.4 Å². The predicted octanol–water partition coefficient (Wildman–Crippen LogP) is 1.61. The van der Waals surface area contributed by atoms with Gasteiger partial charge < -0.3 is 4.57 Å². The largest absolute Gasteiger partial charge is 0.350 e. The number of nitrogens with one attached hydrogen (secondary N) is 1. The maximum absolute atomic E-state index is 11.9. The maximum atomic E-state index is 11.9. The molecule has 0 saturated carbocycles. The van der Waals surface area contributed by atoms with Crippen molar-refractivity contribution in [3.63, 3.8) is 0 Å². The van der Waals surface area contributed by atoms with Gasteiger partial charge in [-0.2, -0.15) is 0 Å². The number of nitrogens with zero attached hydrogens (tertiary/aromatic N) is 3. The number of aromatic amines is 1. The normalized spacial score (nSPS) is 11.0. The molecule has 2 aromatic heterocycles. The molecule has 1 aromatic carbocycles. The number of hydrogen-bond donors (Lipinski definition) is 2. The average molecular weight is 258 g/mol. The maximum Gasteiger partial charge on any atom is 0.278 e. The molecule has 0 aliphatic carbocycles. The fourth-order valence-electron chi connectivity index (χ4n) is 2.04. The van der Waals surface area contributed by atoms with E-state index in [1.54, 1.807) is 0 Å². The van der Waals surface area contributed by atoms with E-state index in [0.717, 1.165) is 16.5 Å². The van der Waals surface area contributed by atoms with Gasteiger partial charge in [-0.1, -0.05) is 18.2 Å². The van der Waals surface area contributed by atoms with E-state index < -0.39 is 0 Å². The molecule has 0 saturated heterocycles. The zero-order chi connectivity index (χ0) is 12.7. The van der Waals surface area contributed by atoms with Crippen LogP contribution in [0.1, 0.15) is 0 Å². The summed E-state index contributed by atoms with van der Waals surface area (Å²) in [7, 11) is 1.93. The molecule has 0 aliphatic rings. The van der Waals surface area contributed by atoms with Gasteiger partial charge in [0.25, 0.3) is 5.56 Å². The lowest BCUT2D eigenvalue weighted by molar-refractivity contribution is 0.828. The second-order valence-electron chi connectivity index (χ2n) is 4.00. The molecule has 2 heterocycles. The molecule has 3 rings (SSSR count). The summed E-state index contributed by atoms with van der Waals surface area (Å²) in [6.45, 7) is 0. The lowest BCUT2D eigenvalue weighted by Crippen LogP contribution is -2.13. The first-order valence-electron chi connectivity index (χ1n) is 5.37. The smallest absolute Gasteiger partial charge is 0.278 e. The second kappa shape index (κ2) is 3.99. The van der Waals surface area contributed by atoms with Gasteiger partial charge in [-0.3, -0.25) is 9.78 Å². The summed E-state index contributed by atoms with van der Waals surface area (Å²) in [5.41, 5.74) is 1.84. The molecule has 5 nitrogen and oxygen atoms in total. The van der Waals surface area contributed by atoms with Crippen molar-refractivity contribution in [3.05, 3.63) is 40.8 Å². The van der Waals surface area contributed by atoms with E-state index in [1.807, 2.05) is 42.1 Å². The molecule has 18 heavy (non-hydrogen) atoms. The van der Waals surface area contributed by atoms with Crippen molar-refractivity contribution in [2.45, 2.75) is 5.16 Å². The summed E-state index contributed by atoms with van der Waals surface area (Å²) in [4.78, 5) is 14.4. The number of para-hydroxylation sites is 1. The van der Waals surface area contributed by atoms with Crippen LogP contribution in [0, 0.1) is 0 Å². The summed E-state index contributed by atoms with van der Waals surface area (Å²) < 4.78 is 1.96. The molecule has 0 atom stereocenters. The summed E-state index contributed by atoms with van der Waals surface area (Å²) in [5, 5.41) is 8.90. The second-order valence-corrected chi connectivity index (χ2v) is 4.42. The molecule has 0 bridgehead atoms. The van der Waals surface area contributed by atoms with Crippen LogP contribution >= 0.6 is 12.6 Å². The third kappa shape index (κ3) is 1.62. The Hall–Kier alpha value is -2.08. The van der Waals surface area contributed by atoms with Gasteiger partial charge in [-0.05, 0) is 6.07 Å². The SMILES string of the molecule is Cn1cc(-c2nnc(S)[nH]c2=O)c2ccccc21. The Balaban J connectivity index is 2.35. The lowest BCUT2D eigenvalue weighted by Gasteiger charge is -1.97. The van der Waals surface area contributed by atoms with E-state index >= 15 is 0 Å². The van der Waals surface area contributed by atoms with Crippen LogP contribution in [-0.2, 0) is 7.05 Å². The molecular weight excluding hydrogens is 248 g/mol. The van der Waals surface area contributed by atoms with E-state index in [2.05, 4.69) is 27.8 Å². The highest BCUT2D eigenvalue weighted by Gasteiger charge is 2.13. The van der Waals surface area contributed by atoms with Gasteiger partial charge in [-0.15, -0.1) is 22.8 Å². The molecule has 3 aromatic rings. The zero-order valence-electron chi connectivity index (χ0n) is 9.58. The van der Waals surface area contributed by atoms with Crippen molar-refractivity contribution in [3.8, 4) is 11.3 Å². The number of aromatic nitrogens is 4. The van der Waals surface area contributed by atoms with Crippen LogP contribution < -0.4 is 5.56 Å². The first-order chi connectivity index (χ1) is 8.66. The Morgan fingerprint density at radius 2 is 2.06 bits per heavy atom. The van der Waals surface area contributed by atoms with Crippen LogP contribution in [0.2, 0.25) is 0 Å². The number of H-pyrrole nitrogens is 1. The highest BCUT2D eigenvalue weighted by molar-refractivity contribution is 7.80. The van der Waals surface area contributed by atoms with Crippen LogP contribution in [0.4, 0.5) is 0 Å². The molecule has 6 heteroatoms. The molecule has 0 spiro atoms. The van der Waals surface area contributed by atoms with Crippen molar-refractivity contribution in [2.75, 3.05) is 0 Å². The number of benzene rings is 1. The Kier molecular flexibility index (Phi) is 2.45. The van der Waals surface area contributed by atoms with Gasteiger partial charge >= 0.3 is 0 Å². The first kappa shape index (κ1) is 11.0. The van der Waals surface area contributed by atoms with E-state index in [4.69, 9.17) is 0 Å². The first-order valence-corrected chi connectivity index (χ1v) is 5.82. The summed E-state index contributed by atoms with van der Waals surface area (Å²) in [5.74, 6) is 0. The summed E-state index contributed by atoms with van der Waals surface area (Å²) >= 11 is 3.96. The van der Waals surface area contributed by atoms with E-state index in [0.29, 0.717) is 5.69 Å². The van der Waals surface area contributed by atoms with Gasteiger partial charge in [-0.25, -0.2) is 0 Å². The number of rotatable bonds is 1. The highest BCUT2D eigenvalue weighted by Crippen LogP contribution is 2.26. The van der Waals surface area contributed by atoms with E-state index in [-0.39, 0.29) is 10.7 Å². The highest BCUT2D eigenvalue weighted by atomic mass is 32.1. The molecular formula is C12H10N4OS. The molecule has 0 aliphatic heterocycles. The van der Waals surface area contributed by atoms with Crippen molar-refractivity contribution >= 4 is 23.5 Å². The molecule has 0 amide bonds. The third-order valence-electron chi connectivity index (χ3n) is 2.84. The molecule has 0 unspecified atom stereocenters. The van der Waals surface area contributed by atoms with Gasteiger partial charge in [0.2, 0.25) is 0 Å². The van der Waals surface area contributed by atoms with Crippen LogP contribution in [0.25, 0.3) is 22.2 Å². The predicted molar refractivity (Wildman–Crippen MR) is 71.8 cm³/mol. The molecule has 0 fully saturated rings. The van der Waals surface area contributed by atoms with Gasteiger partial charge in [0.15, 0.2) is 10.9 Å². The van der Waals surface area contributed by atoms with Crippen molar-refractivity contribution < 1.29 is 0 Å². The minimum Gasteiger partial charge on any atom is -0.350 e. The minimum atomic E-state index is -0.286. The van der Waals surface area contributed by atoms with Crippen LogP contribution in [0.5, 0.6) is 0 Å². The number of fused-ring (bicyclic) bond motifs is 1. The Morgan fingerprint density at radius 1 is 1.28 bits per heavy atom. The van der Waals surface area contributed by atoms with Gasteiger partial charge in [0, 0.05) is 29.7 Å². The Labute approximate surface area is 108 Å². The summed E-state index contributed by atoms with van der Waals surface area (Å²) in [6, 6.07) is 7.84. The molecule has 0 radical (unpaired) electrons. The lowest BCUT2D eigenvalue weighted by atomic mass is 10.1. The van der Waals surface area contributed by atoms with Crippen molar-refractivity contribution in [1.82, 2.24) is 19.7 Å². The number of aryl methyl sites for hydroxylation is 1. The quantitative estimate of drug-likeness (QED) is 0.652. The van der Waals surface area contributed by atoms with E-state index in [9.17, 15) is 4.79 Å². The zero-order valence-corrected chi connectivity index (χ0v) is 10.5. The third-order valence-corrected chi connectivity index (χ3v) is 3.04. The fraction of sp³-hybridized carbons (Fsp3) is 0.0833. The van der Waals surface area contributed by atoms with Gasteiger partial charge in [0.05, 0.1) is 0 Å². The summed E-state index contributed by atoms with van der Waals surface area (Å²) in [6.07, 6.45) is 1.88. The van der Waals surface area contributed by atoms with E-state index in [1.165, 1.54) is 0 Å². The van der Waals surface area contributed by atoms with Crippen molar-refractivity contribution in [1.29, 1.82) is 0 Å². The van der Waals surface area contributed by atoms with Crippen LogP contribution in [-0.4, -0.2) is 19.7 Å². The monoisotopic (exact) mass is 258 g/mol. The topological polar surface area (TPSA) is 63.6 Å². The standard InChI is InChI=1S/C12H10N4OS/c1-16-6-8(7-4-2-3-5-9(7)16)10-11(17)13-12(18)15-14-10/h2-6H,1H3,(H2,13,15,17,18). The minimum absolute atomic E-state index is 0.212. The average Bonchev–Trinajstić information content (AvgIpc) is 2.68. The fourth-order valence-corrected chi connectivity index (χ4v) is 2.18. The Morgan fingerprint density at radius 3 is 2.83 bits per heavy atom. The molecule has 1 N–H and O–H groups in total. The Bertz CT molecular complexity index is 790. The molecule has 90 valence electrons. The van der Waals surface area contributed by atoms with Crippen molar-refractivity contribution in [2.24, 2.45) is 7.05 Å². The number of hydrogen-bond acceptors (Lipinski definition) is 4.